The van der Waals surface area contributed by atoms with Crippen LogP contribution in [-0.4, -0.2) is 92.5 Å². The van der Waals surface area contributed by atoms with Gasteiger partial charge in [-0.1, -0.05) is 78.9 Å². The van der Waals surface area contributed by atoms with E-state index in [1.165, 1.54) is 10.9 Å². The molecule has 15 heteroatoms. The van der Waals surface area contributed by atoms with E-state index in [0.717, 1.165) is 29.7 Å². The maximum Gasteiger partial charge on any atom is 0.490 e. The number of imidazole rings is 1. The highest BCUT2D eigenvalue weighted by Crippen LogP contribution is 2.37. The number of nitrogens with zero attached hydrogens (tertiary/aromatic N) is 5. The molecule has 2 fully saturated rings. The fraction of sp³-hybridized carbons (Fsp3) is 0.351. The van der Waals surface area contributed by atoms with Gasteiger partial charge in [-0.3, -0.25) is 4.57 Å². The van der Waals surface area contributed by atoms with E-state index in [-0.39, 0.29) is 17.6 Å². The molecule has 0 radical (unpaired) electrons. The van der Waals surface area contributed by atoms with E-state index in [0.29, 0.717) is 36.9 Å². The van der Waals surface area contributed by atoms with Gasteiger partial charge in [0.1, 0.15) is 12.2 Å². The molecule has 0 aliphatic carbocycles. The first-order valence-electron chi connectivity index (χ1n) is 17.1. The van der Waals surface area contributed by atoms with E-state index in [2.05, 4.69) is 49.5 Å². The van der Waals surface area contributed by atoms with Gasteiger partial charge in [0.2, 0.25) is 5.95 Å². The van der Waals surface area contributed by atoms with Crippen LogP contribution in [0.5, 0.6) is 0 Å². The molecule has 272 valence electrons. The van der Waals surface area contributed by atoms with E-state index in [1.807, 2.05) is 66.7 Å². The molecule has 4 heterocycles. The van der Waals surface area contributed by atoms with Gasteiger partial charge in [0.15, 0.2) is 29.3 Å². The summed E-state index contributed by atoms with van der Waals surface area (Å²) < 4.78 is 51.1. The van der Waals surface area contributed by atoms with Gasteiger partial charge in [0.05, 0.1) is 12.9 Å². The molecule has 5 aromatic rings. The summed E-state index contributed by atoms with van der Waals surface area (Å²) in [7, 11) is 0. The van der Waals surface area contributed by atoms with Crippen molar-refractivity contribution in [2.45, 2.75) is 55.5 Å². The number of fused-ring (bicyclic) bond motifs is 1. The van der Waals surface area contributed by atoms with E-state index < -0.39 is 43.3 Å². The Morgan fingerprint density at radius 2 is 1.62 bits per heavy atom. The number of carbonyl (C=O) groups excluding carboxylic acids is 1. The summed E-state index contributed by atoms with van der Waals surface area (Å²) in [5, 5.41) is 28.1. The number of ether oxygens (including phenoxy) is 2. The number of anilines is 3. The van der Waals surface area contributed by atoms with Gasteiger partial charge in [-0.15, -0.1) is 0 Å². The SMILES string of the molecule is O=C(O[C@H]1[C@@H](O)[C@H](n2cnc3c(NCC(c4ccccc4)c4ccccc4)nc(N4CCC[C@@H]4CNc4ccccc4)nc32)O[C@@H]1CO)C(F)(F)F. The molecule has 0 saturated carbocycles. The molecule has 0 bridgehead atoms. The standard InChI is InChI=1S/C37H38F3N7O5/c38-37(39,40)35(50)52-31-28(21-48)51-34(30(31)49)47-22-43-29-32(42-20-27(23-11-4-1-5-12-23)24-13-6-2-7-14-24)44-36(45-33(29)47)46-18-10-17-26(46)19-41-25-15-8-3-9-16-25/h1-9,11-16,22,26-28,30-31,34,41,48-49H,10,17-21H2,(H,42,44,45)/t26-,28-,30-,31-,34-/m1/s1. The van der Waals surface area contributed by atoms with Crippen molar-refractivity contribution in [3.63, 3.8) is 0 Å². The van der Waals surface area contributed by atoms with Gasteiger partial charge in [0.25, 0.3) is 0 Å². The van der Waals surface area contributed by atoms with Crippen molar-refractivity contribution < 1.29 is 37.7 Å². The van der Waals surface area contributed by atoms with Crippen molar-refractivity contribution in [1.82, 2.24) is 19.5 Å². The van der Waals surface area contributed by atoms with Crippen LogP contribution in [-0.2, 0) is 14.3 Å². The van der Waals surface area contributed by atoms with Gasteiger partial charge in [-0.05, 0) is 36.1 Å². The summed E-state index contributed by atoms with van der Waals surface area (Å²) >= 11 is 0. The van der Waals surface area contributed by atoms with Crippen LogP contribution >= 0.6 is 0 Å². The zero-order valence-electron chi connectivity index (χ0n) is 27.9. The van der Waals surface area contributed by atoms with Crippen molar-refractivity contribution in [3.05, 3.63) is 108 Å². The summed E-state index contributed by atoms with van der Waals surface area (Å²) in [5.74, 6) is -1.77. The Morgan fingerprint density at radius 1 is 0.962 bits per heavy atom. The van der Waals surface area contributed by atoms with E-state index in [9.17, 15) is 28.2 Å². The fourth-order valence-corrected chi connectivity index (χ4v) is 6.88. The van der Waals surface area contributed by atoms with Gasteiger partial charge in [0, 0.05) is 37.3 Å². The van der Waals surface area contributed by atoms with Crippen LogP contribution in [0.1, 0.15) is 36.1 Å². The van der Waals surface area contributed by atoms with Crippen molar-refractivity contribution in [3.8, 4) is 0 Å². The maximum absolute atomic E-state index is 13.1. The predicted octanol–water partition coefficient (Wildman–Crippen LogP) is 4.88. The van der Waals surface area contributed by atoms with Crippen molar-refractivity contribution >= 4 is 34.6 Å². The van der Waals surface area contributed by atoms with Crippen LogP contribution < -0.4 is 15.5 Å². The van der Waals surface area contributed by atoms with Crippen LogP contribution in [0.4, 0.5) is 30.6 Å². The number of benzene rings is 3. The molecule has 0 unspecified atom stereocenters. The first kappa shape index (κ1) is 35.2. The summed E-state index contributed by atoms with van der Waals surface area (Å²) in [6.07, 6.45) is -8.61. The van der Waals surface area contributed by atoms with Crippen LogP contribution in [0, 0.1) is 0 Å². The second-order valence-corrected chi connectivity index (χ2v) is 12.8. The highest BCUT2D eigenvalue weighted by molar-refractivity contribution is 5.84. The number of aromatic nitrogens is 4. The molecular formula is C37H38F3N7O5. The molecule has 2 aliphatic rings. The smallest absolute Gasteiger partial charge is 0.450 e. The minimum atomic E-state index is -5.30. The molecule has 5 atom stereocenters. The number of hydrogen-bond acceptors (Lipinski definition) is 11. The topological polar surface area (TPSA) is 147 Å². The van der Waals surface area contributed by atoms with Crippen molar-refractivity contribution in [2.24, 2.45) is 0 Å². The lowest BCUT2D eigenvalue weighted by atomic mass is 9.91. The Morgan fingerprint density at radius 3 is 2.25 bits per heavy atom. The van der Waals surface area contributed by atoms with Crippen molar-refractivity contribution in [2.75, 3.05) is 41.8 Å². The molecular weight excluding hydrogens is 679 g/mol. The fourth-order valence-electron chi connectivity index (χ4n) is 6.88. The first-order valence-corrected chi connectivity index (χ1v) is 17.1. The molecule has 2 saturated heterocycles. The van der Waals surface area contributed by atoms with Gasteiger partial charge < -0.3 is 35.2 Å². The molecule has 0 spiro atoms. The summed E-state index contributed by atoms with van der Waals surface area (Å²) in [5.41, 5.74) is 3.70. The highest BCUT2D eigenvalue weighted by Gasteiger charge is 2.51. The Bertz CT molecular complexity index is 1910. The number of aliphatic hydroxyl groups is 2. The lowest BCUT2D eigenvalue weighted by Gasteiger charge is -2.26. The summed E-state index contributed by atoms with van der Waals surface area (Å²) in [4.78, 5) is 28.3. The third-order valence-electron chi connectivity index (χ3n) is 9.47. The van der Waals surface area contributed by atoms with Crippen LogP contribution in [0.3, 0.4) is 0 Å². The zero-order valence-corrected chi connectivity index (χ0v) is 27.9. The van der Waals surface area contributed by atoms with Crippen LogP contribution in [0.25, 0.3) is 11.2 Å². The van der Waals surface area contributed by atoms with E-state index in [1.54, 1.807) is 0 Å². The molecule has 3 aromatic carbocycles. The average molecular weight is 718 g/mol. The second kappa shape index (κ2) is 15.2. The maximum atomic E-state index is 13.1. The normalized spacial score (nSPS) is 21.9. The average Bonchev–Trinajstić information content (AvgIpc) is 3.89. The molecule has 7 rings (SSSR count). The van der Waals surface area contributed by atoms with Crippen LogP contribution in [0.2, 0.25) is 0 Å². The van der Waals surface area contributed by atoms with Gasteiger partial charge >= 0.3 is 12.1 Å². The Hall–Kier alpha value is -5.25. The monoisotopic (exact) mass is 717 g/mol. The van der Waals surface area contributed by atoms with E-state index in [4.69, 9.17) is 14.7 Å². The van der Waals surface area contributed by atoms with E-state index >= 15 is 0 Å². The molecule has 4 N–H and O–H groups in total. The number of aliphatic hydroxyl groups excluding tert-OH is 2. The third-order valence-corrected chi connectivity index (χ3v) is 9.47. The number of nitrogens with one attached hydrogen (secondary N) is 2. The number of halogens is 3. The number of esters is 1. The number of alkyl halides is 3. The molecule has 12 nitrogen and oxygen atoms in total. The third kappa shape index (κ3) is 7.38. The number of rotatable bonds is 12. The van der Waals surface area contributed by atoms with Gasteiger partial charge in [-0.2, -0.15) is 23.1 Å². The Kier molecular flexibility index (Phi) is 10.2. The molecule has 0 amide bonds. The molecule has 52 heavy (non-hydrogen) atoms. The minimum Gasteiger partial charge on any atom is -0.450 e. The Balaban J connectivity index is 1.25. The molecule has 2 aliphatic heterocycles. The number of carbonyl (C=O) groups is 1. The second-order valence-electron chi connectivity index (χ2n) is 12.8. The lowest BCUT2D eigenvalue weighted by Crippen LogP contribution is -2.41. The summed E-state index contributed by atoms with van der Waals surface area (Å²) in [6, 6.07) is 30.0. The number of hydrogen-bond donors (Lipinski definition) is 4. The highest BCUT2D eigenvalue weighted by atomic mass is 19.4. The largest absolute Gasteiger partial charge is 0.490 e. The quantitative estimate of drug-likeness (QED) is 0.131. The Labute approximate surface area is 297 Å². The van der Waals surface area contributed by atoms with Crippen LogP contribution in [0.15, 0.2) is 97.3 Å². The zero-order chi connectivity index (χ0) is 36.2. The van der Waals surface area contributed by atoms with Gasteiger partial charge in [-0.25, -0.2) is 9.78 Å². The summed E-state index contributed by atoms with van der Waals surface area (Å²) in [6.45, 7) is 0.900. The first-order chi connectivity index (χ1) is 25.2. The minimum absolute atomic E-state index is 0.0292. The molecule has 2 aromatic heterocycles. The number of para-hydroxylation sites is 1. The van der Waals surface area contributed by atoms with Crippen molar-refractivity contribution in [1.29, 1.82) is 0 Å². The predicted molar refractivity (Wildman–Crippen MR) is 187 cm³/mol. The lowest BCUT2D eigenvalue weighted by molar-refractivity contribution is -0.210.